The molecule has 1 aliphatic rings. The summed E-state index contributed by atoms with van der Waals surface area (Å²) in [5, 5.41) is 2.70. The van der Waals surface area contributed by atoms with E-state index in [1.807, 2.05) is 0 Å². The van der Waals surface area contributed by atoms with Crippen molar-refractivity contribution in [2.75, 3.05) is 17.1 Å². The number of allylic oxidation sites excluding steroid dienone is 1. The summed E-state index contributed by atoms with van der Waals surface area (Å²) >= 11 is 5.71. The summed E-state index contributed by atoms with van der Waals surface area (Å²) in [7, 11) is -4.05. The number of alkyl halides is 3. The monoisotopic (exact) mass is 500 g/mol. The van der Waals surface area contributed by atoms with Crippen molar-refractivity contribution < 1.29 is 26.4 Å². The Morgan fingerprint density at radius 1 is 1.12 bits per heavy atom. The average Bonchev–Trinajstić information content (AvgIpc) is 2.76. The van der Waals surface area contributed by atoms with Crippen LogP contribution in [0.1, 0.15) is 47.2 Å². The lowest BCUT2D eigenvalue weighted by Gasteiger charge is -2.26. The van der Waals surface area contributed by atoms with Crippen LogP contribution < -0.4 is 9.62 Å². The zero-order valence-electron chi connectivity index (χ0n) is 18.0. The van der Waals surface area contributed by atoms with Gasteiger partial charge in [-0.1, -0.05) is 35.4 Å². The van der Waals surface area contributed by atoms with Gasteiger partial charge in [0.1, 0.15) is 0 Å². The van der Waals surface area contributed by atoms with Gasteiger partial charge in [-0.15, -0.1) is 0 Å². The van der Waals surface area contributed by atoms with Gasteiger partial charge in [0.05, 0.1) is 24.1 Å². The smallest absolute Gasteiger partial charge is 0.348 e. The predicted molar refractivity (Wildman–Crippen MR) is 123 cm³/mol. The minimum Gasteiger partial charge on any atom is -0.348 e. The van der Waals surface area contributed by atoms with Gasteiger partial charge >= 0.3 is 6.18 Å². The summed E-state index contributed by atoms with van der Waals surface area (Å²) in [5.74, 6) is -0.273. The molecule has 0 radical (unpaired) electrons. The number of rotatable bonds is 7. The van der Waals surface area contributed by atoms with Crippen molar-refractivity contribution in [1.82, 2.24) is 5.32 Å². The van der Waals surface area contributed by atoms with E-state index in [2.05, 4.69) is 11.4 Å². The molecule has 5 nitrogen and oxygen atoms in total. The van der Waals surface area contributed by atoms with Gasteiger partial charge in [0.25, 0.3) is 5.91 Å². The summed E-state index contributed by atoms with van der Waals surface area (Å²) in [5.41, 5.74) is 0.336. The van der Waals surface area contributed by atoms with Crippen LogP contribution in [0.15, 0.2) is 54.1 Å². The van der Waals surface area contributed by atoms with Gasteiger partial charge in [0.2, 0.25) is 10.0 Å². The van der Waals surface area contributed by atoms with Gasteiger partial charge in [-0.2, -0.15) is 13.2 Å². The molecule has 178 valence electrons. The van der Waals surface area contributed by atoms with Crippen LogP contribution in [-0.2, 0) is 22.7 Å². The minimum absolute atomic E-state index is 0.154. The van der Waals surface area contributed by atoms with Gasteiger partial charge in [0, 0.05) is 17.1 Å². The summed E-state index contributed by atoms with van der Waals surface area (Å²) < 4.78 is 66.0. The second-order valence-corrected chi connectivity index (χ2v) is 10.3. The first-order chi connectivity index (χ1) is 15.4. The molecule has 1 amide bonds. The normalized spacial score (nSPS) is 14.5. The molecule has 0 aliphatic heterocycles. The number of nitrogens with one attached hydrogen (secondary N) is 1. The van der Waals surface area contributed by atoms with E-state index in [1.165, 1.54) is 35.9 Å². The molecule has 33 heavy (non-hydrogen) atoms. The number of amides is 1. The Morgan fingerprint density at radius 2 is 1.82 bits per heavy atom. The maximum absolute atomic E-state index is 13.5. The summed E-state index contributed by atoms with van der Waals surface area (Å²) in [6, 6.07) is 9.03. The number of sulfonamides is 1. The highest BCUT2D eigenvalue weighted by Crippen LogP contribution is 2.39. The van der Waals surface area contributed by atoms with E-state index in [1.54, 1.807) is 0 Å². The van der Waals surface area contributed by atoms with Crippen LogP contribution in [0.4, 0.5) is 18.9 Å². The van der Waals surface area contributed by atoms with E-state index in [-0.39, 0.29) is 17.5 Å². The Kier molecular flexibility index (Phi) is 7.74. The van der Waals surface area contributed by atoms with Crippen LogP contribution in [0.3, 0.4) is 0 Å². The molecular weight excluding hydrogens is 477 g/mol. The molecule has 0 unspecified atom stereocenters. The third-order valence-corrected chi connectivity index (χ3v) is 6.70. The van der Waals surface area contributed by atoms with Crippen LogP contribution >= 0.6 is 11.6 Å². The molecule has 0 bridgehead atoms. The van der Waals surface area contributed by atoms with Crippen molar-refractivity contribution in [3.8, 4) is 0 Å². The summed E-state index contributed by atoms with van der Waals surface area (Å²) in [6.45, 7) is 0.136. The molecule has 1 N–H and O–H groups in total. The number of anilines is 1. The molecule has 0 aromatic heterocycles. The second kappa shape index (κ2) is 10.2. The Hall–Kier alpha value is -2.52. The number of hydrogen-bond donors (Lipinski definition) is 1. The zero-order chi connectivity index (χ0) is 24.2. The standard InChI is InChI=1S/C23H24ClF3N2O3S/c1-33(31,32)29(21-12-11-19(24)13-20(21)23(25,26)27)15-17-7-9-18(10-8-17)22(30)28-14-16-5-3-2-4-6-16/h5,7-13H,2-4,6,14-15H2,1H3,(H,28,30). The van der Waals surface area contributed by atoms with Crippen molar-refractivity contribution in [1.29, 1.82) is 0 Å². The third kappa shape index (κ3) is 6.74. The van der Waals surface area contributed by atoms with Crippen molar-refractivity contribution in [3.05, 3.63) is 75.8 Å². The second-order valence-electron chi connectivity index (χ2n) is 7.92. The first-order valence-electron chi connectivity index (χ1n) is 10.3. The number of benzene rings is 2. The van der Waals surface area contributed by atoms with Crippen LogP contribution in [0.5, 0.6) is 0 Å². The Bertz CT molecular complexity index is 1150. The lowest BCUT2D eigenvalue weighted by molar-refractivity contribution is -0.137. The summed E-state index contributed by atoms with van der Waals surface area (Å²) in [4.78, 5) is 12.4. The number of hydrogen-bond acceptors (Lipinski definition) is 3. The molecule has 2 aromatic rings. The zero-order valence-corrected chi connectivity index (χ0v) is 19.5. The Balaban J connectivity index is 1.79. The third-order valence-electron chi connectivity index (χ3n) is 5.34. The number of carbonyl (C=O) groups is 1. The van der Waals surface area contributed by atoms with Gasteiger partial charge < -0.3 is 5.32 Å². The highest BCUT2D eigenvalue weighted by Gasteiger charge is 2.37. The molecule has 3 rings (SSSR count). The number of carbonyl (C=O) groups excluding carboxylic acids is 1. The Morgan fingerprint density at radius 3 is 2.39 bits per heavy atom. The fourth-order valence-corrected chi connectivity index (χ4v) is 4.69. The summed E-state index contributed by atoms with van der Waals surface area (Å²) in [6.07, 6.45) is 2.42. The first-order valence-corrected chi connectivity index (χ1v) is 12.6. The van der Waals surface area contributed by atoms with E-state index in [9.17, 15) is 26.4 Å². The maximum Gasteiger partial charge on any atom is 0.418 e. The molecular formula is C23H24ClF3N2O3S. The SMILES string of the molecule is CS(=O)(=O)N(Cc1ccc(C(=O)NCC2=CCCCC2)cc1)c1ccc(Cl)cc1C(F)(F)F. The van der Waals surface area contributed by atoms with E-state index < -0.39 is 27.5 Å². The topological polar surface area (TPSA) is 66.5 Å². The highest BCUT2D eigenvalue weighted by atomic mass is 35.5. The molecule has 2 aromatic carbocycles. The molecule has 0 heterocycles. The van der Waals surface area contributed by atoms with E-state index in [4.69, 9.17) is 11.6 Å². The Labute approximate surface area is 196 Å². The molecule has 0 saturated carbocycles. The van der Waals surface area contributed by atoms with Gasteiger partial charge in [-0.25, -0.2) is 8.42 Å². The highest BCUT2D eigenvalue weighted by molar-refractivity contribution is 7.92. The molecule has 1 aliphatic carbocycles. The van der Waals surface area contributed by atoms with Crippen LogP contribution in [0.25, 0.3) is 0 Å². The van der Waals surface area contributed by atoms with Gasteiger partial charge in [-0.3, -0.25) is 9.10 Å². The van der Waals surface area contributed by atoms with Crippen molar-refractivity contribution in [2.45, 2.75) is 38.4 Å². The quantitative estimate of drug-likeness (QED) is 0.506. The number of nitrogens with zero attached hydrogens (tertiary/aromatic N) is 1. The van der Waals surface area contributed by atoms with Crippen molar-refractivity contribution >= 4 is 33.2 Å². The largest absolute Gasteiger partial charge is 0.418 e. The van der Waals surface area contributed by atoms with Crippen LogP contribution in [0.2, 0.25) is 5.02 Å². The van der Waals surface area contributed by atoms with Crippen LogP contribution in [0, 0.1) is 0 Å². The fourth-order valence-electron chi connectivity index (χ4n) is 3.62. The molecule has 0 atom stereocenters. The van der Waals surface area contributed by atoms with Gasteiger partial charge in [-0.05, 0) is 61.6 Å². The lowest BCUT2D eigenvalue weighted by atomic mass is 9.99. The fraction of sp³-hybridized carbons (Fsp3) is 0.348. The van der Waals surface area contributed by atoms with Gasteiger partial charge in [0.15, 0.2) is 0 Å². The van der Waals surface area contributed by atoms with Crippen molar-refractivity contribution in [3.63, 3.8) is 0 Å². The molecule has 0 saturated heterocycles. The van der Waals surface area contributed by atoms with Crippen LogP contribution in [-0.4, -0.2) is 27.1 Å². The average molecular weight is 501 g/mol. The molecule has 0 spiro atoms. The van der Waals surface area contributed by atoms with Crippen molar-refractivity contribution in [2.24, 2.45) is 0 Å². The maximum atomic E-state index is 13.5. The predicted octanol–water partition coefficient (Wildman–Crippen LogP) is 5.56. The van der Waals surface area contributed by atoms with E-state index >= 15 is 0 Å². The minimum atomic E-state index is -4.79. The molecule has 0 fully saturated rings. The lowest BCUT2D eigenvalue weighted by Crippen LogP contribution is -2.31. The molecule has 10 heteroatoms. The van der Waals surface area contributed by atoms with E-state index in [0.717, 1.165) is 38.0 Å². The first kappa shape index (κ1) is 25.1. The number of halogens is 4. The van der Waals surface area contributed by atoms with E-state index in [0.29, 0.717) is 28.0 Å².